The molecule has 0 fully saturated rings. The number of aryl methyl sites for hydroxylation is 1. The molecule has 0 aliphatic heterocycles. The largest absolute Gasteiger partial charge is 0.496 e. The summed E-state index contributed by atoms with van der Waals surface area (Å²) in [4.78, 5) is 0. The number of halogens is 1. The van der Waals surface area contributed by atoms with Crippen LogP contribution in [0.2, 0.25) is 0 Å². The highest BCUT2D eigenvalue weighted by atomic mass is 79.9. The van der Waals surface area contributed by atoms with Gasteiger partial charge in [0, 0.05) is 17.6 Å². The number of nitrogens with two attached hydrogens (primary N) is 1. The van der Waals surface area contributed by atoms with Crippen LogP contribution in [0.4, 0.5) is 5.82 Å². The second-order valence-electron chi connectivity index (χ2n) is 4.59. The third-order valence-corrected chi connectivity index (χ3v) is 3.83. The first-order valence-electron chi connectivity index (χ1n) is 6.16. The van der Waals surface area contributed by atoms with E-state index in [1.807, 2.05) is 31.3 Å². The number of nitrogens with zero attached hydrogens (tertiary/aromatic N) is 2. The van der Waals surface area contributed by atoms with Gasteiger partial charge in [0.05, 0.1) is 18.4 Å². The molecule has 5 heteroatoms. The van der Waals surface area contributed by atoms with Crippen LogP contribution in [0.3, 0.4) is 0 Å². The van der Waals surface area contributed by atoms with Crippen LogP contribution in [-0.4, -0.2) is 16.9 Å². The Morgan fingerprint density at radius 3 is 2.65 bits per heavy atom. The quantitative estimate of drug-likeness (QED) is 0.780. The van der Waals surface area contributed by atoms with Gasteiger partial charge >= 0.3 is 0 Å². The van der Waals surface area contributed by atoms with Crippen LogP contribution >= 0.6 is 15.9 Å². The molecule has 0 atom stereocenters. The van der Waals surface area contributed by atoms with E-state index in [0.29, 0.717) is 5.82 Å². The topological polar surface area (TPSA) is 53.1 Å². The highest BCUT2D eigenvalue weighted by Gasteiger charge is 2.14. The zero-order chi connectivity index (χ0) is 14.3. The van der Waals surface area contributed by atoms with Gasteiger partial charge in [-0.25, -0.2) is 0 Å². The molecule has 0 aliphatic carbocycles. The molecule has 1 heterocycles. The van der Waals surface area contributed by atoms with Crippen molar-refractivity contribution < 1.29 is 4.74 Å². The number of hydrogen-bond acceptors (Lipinski definition) is 3. The summed E-state index contributed by atoms with van der Waals surface area (Å²) in [5, 5.41) is 6.67. The molecule has 0 saturated heterocycles. The molecule has 0 amide bonds. The second kappa shape index (κ2) is 4.83. The number of nitrogen functional groups attached to an aromatic ring is 1. The van der Waals surface area contributed by atoms with Crippen LogP contribution < -0.4 is 10.5 Å². The Kier molecular flexibility index (Phi) is 3.14. The molecule has 0 aliphatic rings. The van der Waals surface area contributed by atoms with Gasteiger partial charge in [0.25, 0.3) is 0 Å². The summed E-state index contributed by atoms with van der Waals surface area (Å²) >= 11 is 3.49. The fourth-order valence-corrected chi connectivity index (χ4v) is 2.70. The third kappa shape index (κ3) is 2.04. The number of anilines is 1. The predicted octanol–water partition coefficient (Wildman–Crippen LogP) is 3.59. The van der Waals surface area contributed by atoms with Crippen LogP contribution in [0.5, 0.6) is 5.75 Å². The molecule has 0 spiro atoms. The molecule has 4 nitrogen and oxygen atoms in total. The van der Waals surface area contributed by atoms with Crippen molar-refractivity contribution in [1.82, 2.24) is 9.78 Å². The molecular weight excluding hydrogens is 318 g/mol. The highest BCUT2D eigenvalue weighted by Crippen LogP contribution is 2.37. The Morgan fingerprint density at radius 2 is 2.00 bits per heavy atom. The number of aromatic nitrogens is 2. The van der Waals surface area contributed by atoms with Gasteiger partial charge in [0.15, 0.2) is 0 Å². The van der Waals surface area contributed by atoms with E-state index in [2.05, 4.69) is 33.2 Å². The van der Waals surface area contributed by atoms with Gasteiger partial charge in [0.2, 0.25) is 0 Å². The lowest BCUT2D eigenvalue weighted by atomic mass is 10.0. The maximum absolute atomic E-state index is 5.89. The molecule has 3 aromatic rings. The molecule has 20 heavy (non-hydrogen) atoms. The molecule has 2 aromatic carbocycles. The third-order valence-electron chi connectivity index (χ3n) is 3.34. The van der Waals surface area contributed by atoms with E-state index < -0.39 is 0 Å². The number of hydrogen-bond donors (Lipinski definition) is 1. The lowest BCUT2D eigenvalue weighted by Gasteiger charge is -2.10. The summed E-state index contributed by atoms with van der Waals surface area (Å²) in [5.74, 6) is 1.41. The van der Waals surface area contributed by atoms with Crippen molar-refractivity contribution in [2.24, 2.45) is 7.05 Å². The molecule has 0 bridgehead atoms. The van der Waals surface area contributed by atoms with E-state index in [4.69, 9.17) is 10.5 Å². The molecule has 0 unspecified atom stereocenters. The molecule has 0 saturated carbocycles. The maximum atomic E-state index is 5.89. The first kappa shape index (κ1) is 13.0. The van der Waals surface area contributed by atoms with Gasteiger partial charge in [-0.1, -0.05) is 28.1 Å². The maximum Gasteiger partial charge on any atom is 0.128 e. The number of ether oxygens (including phenoxy) is 1. The van der Waals surface area contributed by atoms with Gasteiger partial charge in [-0.2, -0.15) is 5.10 Å². The van der Waals surface area contributed by atoms with Crippen LogP contribution in [0.15, 0.2) is 40.9 Å². The van der Waals surface area contributed by atoms with Crippen molar-refractivity contribution in [1.29, 1.82) is 0 Å². The first-order chi connectivity index (χ1) is 9.60. The molecule has 102 valence electrons. The van der Waals surface area contributed by atoms with E-state index >= 15 is 0 Å². The van der Waals surface area contributed by atoms with Crippen LogP contribution in [-0.2, 0) is 7.05 Å². The summed E-state index contributed by atoms with van der Waals surface area (Å²) in [5.41, 5.74) is 7.67. The summed E-state index contributed by atoms with van der Waals surface area (Å²) in [6, 6.07) is 12.0. The Morgan fingerprint density at radius 1 is 1.20 bits per heavy atom. The summed E-state index contributed by atoms with van der Waals surface area (Å²) in [7, 11) is 3.49. The summed E-state index contributed by atoms with van der Waals surface area (Å²) in [6.45, 7) is 0. The molecular formula is C15H14BrN3O. The fourth-order valence-electron chi connectivity index (χ4n) is 2.32. The molecule has 2 N–H and O–H groups in total. The average molecular weight is 332 g/mol. The fraction of sp³-hybridized carbons (Fsp3) is 0.133. The molecule has 3 rings (SSSR count). The van der Waals surface area contributed by atoms with Gasteiger partial charge in [-0.05, 0) is 29.0 Å². The van der Waals surface area contributed by atoms with E-state index in [-0.39, 0.29) is 0 Å². The lowest BCUT2D eigenvalue weighted by Crippen LogP contribution is -1.97. The minimum atomic E-state index is 0.621. The van der Waals surface area contributed by atoms with Crippen LogP contribution in [0.25, 0.3) is 22.0 Å². The van der Waals surface area contributed by atoms with E-state index in [0.717, 1.165) is 32.3 Å². The molecule has 0 radical (unpaired) electrons. The smallest absolute Gasteiger partial charge is 0.128 e. The van der Waals surface area contributed by atoms with Crippen molar-refractivity contribution in [3.63, 3.8) is 0 Å². The van der Waals surface area contributed by atoms with Crippen molar-refractivity contribution in [2.75, 3.05) is 12.8 Å². The highest BCUT2D eigenvalue weighted by molar-refractivity contribution is 9.10. The standard InChI is InChI=1S/C15H14BrN3O/c1-19-14(17)8-12(18-19)15-11-5-4-10(16)7-9(11)3-6-13(15)20-2/h3-8H,17H2,1-2H3. The van der Waals surface area contributed by atoms with Crippen LogP contribution in [0.1, 0.15) is 0 Å². The first-order valence-corrected chi connectivity index (χ1v) is 6.95. The van der Waals surface area contributed by atoms with Crippen molar-refractivity contribution >= 4 is 32.5 Å². The minimum absolute atomic E-state index is 0.621. The average Bonchev–Trinajstić information content (AvgIpc) is 2.76. The lowest BCUT2D eigenvalue weighted by molar-refractivity contribution is 0.417. The number of rotatable bonds is 2. The SMILES string of the molecule is COc1ccc2cc(Br)ccc2c1-c1cc(N)n(C)n1. The predicted molar refractivity (Wildman–Crippen MR) is 84.8 cm³/mol. The second-order valence-corrected chi connectivity index (χ2v) is 5.50. The Hall–Kier alpha value is -2.01. The van der Waals surface area contributed by atoms with Crippen molar-refractivity contribution in [3.05, 3.63) is 40.9 Å². The van der Waals surface area contributed by atoms with E-state index in [1.54, 1.807) is 11.8 Å². The number of fused-ring (bicyclic) bond motifs is 1. The minimum Gasteiger partial charge on any atom is -0.496 e. The molecule has 1 aromatic heterocycles. The van der Waals surface area contributed by atoms with E-state index in [9.17, 15) is 0 Å². The Balaban J connectivity index is 2.36. The van der Waals surface area contributed by atoms with Gasteiger partial charge in [-0.15, -0.1) is 0 Å². The zero-order valence-corrected chi connectivity index (χ0v) is 12.8. The zero-order valence-electron chi connectivity index (χ0n) is 11.2. The van der Waals surface area contributed by atoms with Crippen molar-refractivity contribution in [3.8, 4) is 17.0 Å². The summed E-state index contributed by atoms with van der Waals surface area (Å²) in [6.07, 6.45) is 0. The monoisotopic (exact) mass is 331 g/mol. The van der Waals surface area contributed by atoms with Crippen molar-refractivity contribution in [2.45, 2.75) is 0 Å². The van der Waals surface area contributed by atoms with Gasteiger partial charge < -0.3 is 10.5 Å². The Labute approximate surface area is 125 Å². The summed E-state index contributed by atoms with van der Waals surface area (Å²) < 4.78 is 8.19. The number of methoxy groups -OCH3 is 1. The van der Waals surface area contributed by atoms with E-state index in [1.165, 1.54) is 0 Å². The van der Waals surface area contributed by atoms with Gasteiger partial charge in [-0.3, -0.25) is 4.68 Å². The normalized spacial score (nSPS) is 10.9. The van der Waals surface area contributed by atoms with Crippen LogP contribution in [0, 0.1) is 0 Å². The number of benzene rings is 2. The Bertz CT molecular complexity index is 776. The van der Waals surface area contributed by atoms with Gasteiger partial charge in [0.1, 0.15) is 11.6 Å².